The largest absolute Gasteiger partial charge is 0.417 e. The number of aryl methyl sites for hydroxylation is 1. The van der Waals surface area contributed by atoms with Gasteiger partial charge in [-0.1, -0.05) is 102 Å². The quantitative estimate of drug-likeness (QED) is 0.219. The molecule has 103 heavy (non-hydrogen) atoms. The normalized spacial score (nSPS) is 27.3. The van der Waals surface area contributed by atoms with Crippen LogP contribution in [0.1, 0.15) is 192 Å². The molecule has 1 aromatic rings. The average molecular weight is 1470 g/mol. The van der Waals surface area contributed by atoms with Gasteiger partial charge in [0.2, 0.25) is 70.9 Å². The minimum Gasteiger partial charge on any atom is -0.376 e. The van der Waals surface area contributed by atoms with Crippen LogP contribution in [0.5, 0.6) is 0 Å². The number of likely N-dealkylation sites (tertiary alicyclic amines) is 1. The van der Waals surface area contributed by atoms with Crippen LogP contribution in [0.25, 0.3) is 0 Å². The van der Waals surface area contributed by atoms with Crippen molar-refractivity contribution in [3.63, 3.8) is 0 Å². The van der Waals surface area contributed by atoms with Gasteiger partial charge in [0.05, 0.1) is 49.4 Å². The Bertz CT molecular complexity index is 3210. The Kier molecular flexibility index (Phi) is 29.1. The third kappa shape index (κ3) is 20.5. The molecule has 29 heteroatoms. The topological polar surface area (TPSA) is 279 Å². The van der Waals surface area contributed by atoms with Crippen molar-refractivity contribution < 1.29 is 75.4 Å². The number of hydrogen-bond donors (Lipinski definition) is 3. The van der Waals surface area contributed by atoms with Crippen LogP contribution in [0.3, 0.4) is 0 Å². The fourth-order valence-corrected chi connectivity index (χ4v) is 16.4. The standard InChI is InChI=1S/C74H112ClF3N12O13/c1-10-47(2)63-70(100)84(5)44-61(93)82(3)45-62(94)85(6)56(41-48-24-14-11-15-25-48)68(98)83(4)43-59(91)79-54(34-32-49-31-33-52(53(75)40-49)74(76,77)78)67(97)90-39-23-30-55(90)66(96)81-73(35-18-19-36-73)72(102)88(9)64(50-26-16-12-17-27-50)71(101)87(8)57(69(99)89-37-20-13-21-38-89)42-60(92)86(7)58(65(95)80-63)46-103-51-28-22-29-51/h31,33,40,47-48,50-51,54-58,63-64H,10-30,32,34-39,41-46H2,1-9H3,(H,79,91)(H,80,95)(H,81,96)/t47-,54-,55-,56-,57-,58-,63-,64-/m0/s1. The Labute approximate surface area is 610 Å². The predicted octanol–water partition coefficient (Wildman–Crippen LogP) is 5.95. The first-order valence-electron chi connectivity index (χ1n) is 37.6. The zero-order valence-corrected chi connectivity index (χ0v) is 62.7. The Morgan fingerprint density at radius 3 is 1.84 bits per heavy atom. The number of alkyl halides is 3. The first-order chi connectivity index (χ1) is 48.8. The summed E-state index contributed by atoms with van der Waals surface area (Å²) >= 11 is 6.17. The Morgan fingerprint density at radius 1 is 0.621 bits per heavy atom. The summed E-state index contributed by atoms with van der Waals surface area (Å²) < 4.78 is 47.9. The Morgan fingerprint density at radius 2 is 1.23 bits per heavy atom. The van der Waals surface area contributed by atoms with Crippen LogP contribution >= 0.6 is 11.6 Å². The number of hydrogen-bond acceptors (Lipinski definition) is 13. The summed E-state index contributed by atoms with van der Waals surface area (Å²) in [5.41, 5.74) is -2.35. The van der Waals surface area contributed by atoms with Crippen LogP contribution in [0.4, 0.5) is 13.2 Å². The number of benzene rings is 1. The van der Waals surface area contributed by atoms with Crippen LogP contribution in [-0.2, 0) is 74.9 Å². The second-order valence-electron chi connectivity index (χ2n) is 30.4. The van der Waals surface area contributed by atoms with Gasteiger partial charge < -0.3 is 64.8 Å². The number of halogens is 4. The fraction of sp³-hybridized carbons (Fsp3) is 0.757. The van der Waals surface area contributed by atoms with Gasteiger partial charge in [-0.25, -0.2) is 0 Å². The smallest absolute Gasteiger partial charge is 0.376 e. The lowest BCUT2D eigenvalue weighted by molar-refractivity contribution is -0.157. The summed E-state index contributed by atoms with van der Waals surface area (Å²) in [5.74, 6) is -8.77. The van der Waals surface area contributed by atoms with Gasteiger partial charge in [-0.2, -0.15) is 13.2 Å². The molecule has 4 aliphatic carbocycles. The van der Waals surface area contributed by atoms with E-state index in [9.17, 15) is 41.9 Å². The second kappa shape index (κ2) is 36.7. The maximum absolute atomic E-state index is 15.9. The molecule has 0 radical (unpaired) electrons. The number of rotatable bonds is 12. The molecule has 1 aromatic carbocycles. The molecule has 3 N–H and O–H groups in total. The molecule has 0 aromatic heterocycles. The van der Waals surface area contributed by atoms with Crippen molar-refractivity contribution in [2.45, 2.75) is 247 Å². The maximum Gasteiger partial charge on any atom is 0.417 e. The minimum absolute atomic E-state index is 0.0151. The van der Waals surface area contributed by atoms with Gasteiger partial charge in [0.15, 0.2) is 0 Å². The van der Waals surface area contributed by atoms with Crippen molar-refractivity contribution in [3.8, 4) is 0 Å². The lowest BCUT2D eigenvalue weighted by Gasteiger charge is -2.43. The zero-order valence-electron chi connectivity index (χ0n) is 62.0. The van der Waals surface area contributed by atoms with Gasteiger partial charge in [-0.3, -0.25) is 57.5 Å². The van der Waals surface area contributed by atoms with Crippen LogP contribution in [-0.4, -0.2) is 264 Å². The number of amides is 12. The highest BCUT2D eigenvalue weighted by Gasteiger charge is 2.52. The summed E-state index contributed by atoms with van der Waals surface area (Å²) in [6.07, 6.45) is 8.95. The van der Waals surface area contributed by atoms with E-state index in [0.717, 1.165) is 104 Å². The number of nitrogens with zero attached hydrogens (tertiary/aromatic N) is 9. The Hall–Kier alpha value is -7.10. The van der Waals surface area contributed by atoms with Crippen LogP contribution in [0.15, 0.2) is 18.2 Å². The monoisotopic (exact) mass is 1470 g/mol. The van der Waals surface area contributed by atoms with E-state index in [1.807, 2.05) is 6.92 Å². The molecule has 7 fully saturated rings. The lowest BCUT2D eigenvalue weighted by Crippen LogP contribution is -2.65. The number of nitrogens with one attached hydrogen (secondary N) is 3. The molecule has 4 saturated carbocycles. The summed E-state index contributed by atoms with van der Waals surface area (Å²) in [6.45, 7) is 2.37. The molecule has 8 atom stereocenters. The molecule has 8 rings (SSSR count). The molecule has 0 bridgehead atoms. The number of fused-ring (bicyclic) bond motifs is 1. The minimum atomic E-state index is -4.76. The van der Waals surface area contributed by atoms with Gasteiger partial charge in [-0.15, -0.1) is 0 Å². The van der Waals surface area contributed by atoms with Gasteiger partial charge >= 0.3 is 6.18 Å². The molecule has 3 heterocycles. The molecule has 574 valence electrons. The third-order valence-corrected chi connectivity index (χ3v) is 23.5. The van der Waals surface area contributed by atoms with Crippen LogP contribution < -0.4 is 16.0 Å². The van der Waals surface area contributed by atoms with E-state index in [4.69, 9.17) is 16.3 Å². The number of likely N-dealkylation sites (N-methyl/N-ethyl adjacent to an activating group) is 7. The van der Waals surface area contributed by atoms with Crippen molar-refractivity contribution in [1.82, 2.24) is 60.0 Å². The zero-order chi connectivity index (χ0) is 75.2. The fourth-order valence-electron chi connectivity index (χ4n) is 16.1. The van der Waals surface area contributed by atoms with E-state index in [1.54, 1.807) is 11.8 Å². The summed E-state index contributed by atoms with van der Waals surface area (Å²) in [4.78, 5) is 192. The van der Waals surface area contributed by atoms with Crippen LogP contribution in [0, 0.1) is 17.8 Å². The lowest BCUT2D eigenvalue weighted by atomic mass is 9.81. The third-order valence-electron chi connectivity index (χ3n) is 23.2. The van der Waals surface area contributed by atoms with Gasteiger partial charge in [0.1, 0.15) is 47.8 Å². The van der Waals surface area contributed by atoms with E-state index >= 15 is 28.8 Å². The molecule has 25 nitrogen and oxygen atoms in total. The van der Waals surface area contributed by atoms with Crippen molar-refractivity contribution >= 4 is 82.5 Å². The van der Waals surface area contributed by atoms with E-state index < -0.39 is 173 Å². The van der Waals surface area contributed by atoms with Crippen molar-refractivity contribution in [1.29, 1.82) is 0 Å². The summed E-state index contributed by atoms with van der Waals surface area (Å²) in [6, 6.07) is -5.79. The van der Waals surface area contributed by atoms with Crippen molar-refractivity contribution in [2.24, 2.45) is 17.8 Å². The van der Waals surface area contributed by atoms with E-state index in [1.165, 1.54) is 79.9 Å². The molecule has 3 saturated heterocycles. The van der Waals surface area contributed by atoms with Crippen molar-refractivity contribution in [2.75, 3.05) is 95.2 Å². The summed E-state index contributed by atoms with van der Waals surface area (Å²) in [7, 11) is 9.97. The van der Waals surface area contributed by atoms with Gasteiger partial charge in [0.25, 0.3) is 0 Å². The first kappa shape index (κ1) is 81.6. The van der Waals surface area contributed by atoms with Crippen LogP contribution in [0.2, 0.25) is 5.02 Å². The molecule has 7 aliphatic rings. The molecule has 12 amide bonds. The van der Waals surface area contributed by atoms with E-state index in [0.29, 0.717) is 70.0 Å². The highest BCUT2D eigenvalue weighted by Crippen LogP contribution is 2.39. The van der Waals surface area contributed by atoms with E-state index in [-0.39, 0.29) is 63.7 Å². The molecular weight excluding hydrogens is 1360 g/mol. The summed E-state index contributed by atoms with van der Waals surface area (Å²) in [5, 5.41) is 8.17. The number of carbonyl (C=O) groups is 12. The van der Waals surface area contributed by atoms with Crippen molar-refractivity contribution in [3.05, 3.63) is 34.3 Å². The molecular formula is C74H112ClF3N12O13. The predicted molar refractivity (Wildman–Crippen MR) is 378 cm³/mol. The molecule has 0 unspecified atom stereocenters. The number of ether oxygens (including phenoxy) is 1. The highest BCUT2D eigenvalue weighted by atomic mass is 35.5. The van der Waals surface area contributed by atoms with E-state index in [2.05, 4.69) is 16.0 Å². The average Bonchev–Trinajstić information content (AvgIpc) is 1.76. The molecule has 3 aliphatic heterocycles. The maximum atomic E-state index is 15.9. The SMILES string of the molecule is CC[C@H](C)[C@@H]1NC(=O)[C@H](COC2CCC2)N(C)C(=O)C[C@@H](C(=O)N2CCCCC2)N(C)C(=O)[C@H](C2CCCCC2)N(C)C(=O)C2(CCCC2)NC(=O)[C@@H]2CCCN2C(=O)[C@H](CCc2ccc(C(F)(F)F)c(Cl)c2)NC(=O)CN(C)C(=O)[C@H](CC2CCCCC2)N(C)C(=O)CN(C)C(=O)CN(C)C1=O. The Balaban J connectivity index is 1.17. The number of carbonyl (C=O) groups excluding carboxylic acids is 12. The van der Waals surface area contributed by atoms with Gasteiger partial charge in [-0.05, 0) is 132 Å². The van der Waals surface area contributed by atoms with Gasteiger partial charge in [0, 0.05) is 69.0 Å². The first-order valence-corrected chi connectivity index (χ1v) is 38.0. The molecule has 1 spiro atoms. The number of piperidine rings is 1. The highest BCUT2D eigenvalue weighted by molar-refractivity contribution is 6.31. The second-order valence-corrected chi connectivity index (χ2v) is 30.8.